The Morgan fingerprint density at radius 3 is 1.70 bits per heavy atom. The molecule has 3 nitrogen and oxygen atoms in total. The fourth-order valence-electron chi connectivity index (χ4n) is 2.12. The van der Waals surface area contributed by atoms with Gasteiger partial charge in [0.05, 0.1) is 14.2 Å². The summed E-state index contributed by atoms with van der Waals surface area (Å²) in [5.41, 5.74) is 2.15. The quantitative estimate of drug-likeness (QED) is 0.546. The van der Waals surface area contributed by atoms with Crippen LogP contribution in [0, 0.1) is 0 Å². The van der Waals surface area contributed by atoms with Gasteiger partial charge in [0.25, 0.3) is 0 Å². The highest BCUT2D eigenvalue weighted by Crippen LogP contribution is 2.24. The molecule has 4 heteroatoms. The van der Waals surface area contributed by atoms with Crippen LogP contribution < -0.4 is 13.9 Å². The zero-order valence-corrected chi connectivity index (χ0v) is 15.4. The van der Waals surface area contributed by atoms with E-state index in [9.17, 15) is 0 Å². The maximum absolute atomic E-state index is 5.96. The fourth-order valence-corrected chi connectivity index (χ4v) is 2.96. The molecule has 0 aliphatic carbocycles. The van der Waals surface area contributed by atoms with Crippen LogP contribution in [0.5, 0.6) is 17.2 Å². The average Bonchev–Trinajstić information content (AvgIpc) is 2.52. The van der Waals surface area contributed by atoms with Crippen molar-refractivity contribution in [2.45, 2.75) is 19.6 Å². The molecule has 0 saturated heterocycles. The first-order valence-electron chi connectivity index (χ1n) is 7.60. The molecule has 0 heterocycles. The largest absolute Gasteiger partial charge is 0.544 e. The lowest BCUT2D eigenvalue weighted by atomic mass is 10.1. The smallest absolute Gasteiger partial charge is 0.242 e. The number of rotatable bonds is 6. The van der Waals surface area contributed by atoms with Gasteiger partial charge in [0.2, 0.25) is 8.32 Å². The summed E-state index contributed by atoms with van der Waals surface area (Å²) in [7, 11) is 1.75. The average molecular weight is 328 g/mol. The first-order chi connectivity index (χ1) is 10.9. The predicted octanol–water partition coefficient (Wildman–Crippen LogP) is 5.09. The van der Waals surface area contributed by atoms with Gasteiger partial charge in [-0.2, -0.15) is 0 Å². The lowest BCUT2D eigenvalue weighted by molar-refractivity contribution is 0.394. The van der Waals surface area contributed by atoms with Gasteiger partial charge in [-0.25, -0.2) is 0 Å². The van der Waals surface area contributed by atoms with E-state index in [1.807, 2.05) is 36.4 Å². The molecule has 0 spiro atoms. The minimum absolute atomic E-state index is 0.780. The molecule has 0 N–H and O–H groups in total. The van der Waals surface area contributed by atoms with Crippen molar-refractivity contribution in [3.63, 3.8) is 0 Å². The second-order valence-corrected chi connectivity index (χ2v) is 10.7. The summed E-state index contributed by atoms with van der Waals surface area (Å²) in [6, 6.07) is 14.0. The summed E-state index contributed by atoms with van der Waals surface area (Å²) in [4.78, 5) is 0. The number of methoxy groups -OCH3 is 2. The Morgan fingerprint density at radius 1 is 0.696 bits per heavy atom. The van der Waals surface area contributed by atoms with Crippen LogP contribution in [-0.2, 0) is 0 Å². The van der Waals surface area contributed by atoms with Crippen LogP contribution in [0.15, 0.2) is 42.5 Å². The van der Waals surface area contributed by atoms with Crippen molar-refractivity contribution in [2.24, 2.45) is 0 Å². The first kappa shape index (κ1) is 17.2. The van der Waals surface area contributed by atoms with Gasteiger partial charge < -0.3 is 13.9 Å². The number of hydrogen-bond acceptors (Lipinski definition) is 3. The van der Waals surface area contributed by atoms with Crippen LogP contribution >= 0.6 is 0 Å². The Labute approximate surface area is 139 Å². The van der Waals surface area contributed by atoms with Crippen LogP contribution in [0.1, 0.15) is 11.1 Å². The highest BCUT2D eigenvalue weighted by molar-refractivity contribution is 6.70. The SMILES string of the molecule is COc1cc(/C=C/c2ccc(O[Si](C)(C)C)cc2)cc(OC)c1. The molecule has 0 aliphatic rings. The normalized spacial score (nSPS) is 11.5. The van der Waals surface area contributed by atoms with Gasteiger partial charge in [-0.15, -0.1) is 0 Å². The molecule has 0 saturated carbocycles. The number of ether oxygens (including phenoxy) is 2. The lowest BCUT2D eigenvalue weighted by Crippen LogP contribution is -2.29. The molecule has 0 fully saturated rings. The van der Waals surface area contributed by atoms with Crippen molar-refractivity contribution >= 4 is 20.5 Å². The summed E-state index contributed by atoms with van der Waals surface area (Å²) in [5, 5.41) is 0. The highest BCUT2D eigenvalue weighted by Gasteiger charge is 2.15. The summed E-state index contributed by atoms with van der Waals surface area (Å²) >= 11 is 0. The third kappa shape index (κ3) is 5.49. The molecule has 0 bridgehead atoms. The molecule has 122 valence electrons. The van der Waals surface area contributed by atoms with E-state index >= 15 is 0 Å². The van der Waals surface area contributed by atoms with Gasteiger partial charge in [0.1, 0.15) is 17.2 Å². The first-order valence-corrected chi connectivity index (χ1v) is 11.0. The molecule has 0 aromatic heterocycles. The van der Waals surface area contributed by atoms with Gasteiger partial charge in [-0.1, -0.05) is 24.3 Å². The van der Waals surface area contributed by atoms with Gasteiger partial charge in [-0.3, -0.25) is 0 Å². The van der Waals surface area contributed by atoms with Gasteiger partial charge in [0, 0.05) is 6.07 Å². The van der Waals surface area contributed by atoms with Crippen molar-refractivity contribution in [3.8, 4) is 17.2 Å². The van der Waals surface area contributed by atoms with Crippen LogP contribution in [0.3, 0.4) is 0 Å². The third-order valence-electron chi connectivity index (χ3n) is 3.15. The molecular weight excluding hydrogens is 304 g/mol. The predicted molar refractivity (Wildman–Crippen MR) is 98.9 cm³/mol. The molecule has 2 aromatic rings. The number of hydrogen-bond donors (Lipinski definition) is 0. The van der Waals surface area contributed by atoms with Crippen molar-refractivity contribution in [1.29, 1.82) is 0 Å². The van der Waals surface area contributed by atoms with E-state index in [4.69, 9.17) is 13.9 Å². The van der Waals surface area contributed by atoms with E-state index in [1.165, 1.54) is 0 Å². The second-order valence-electron chi connectivity index (χ2n) is 6.26. The fraction of sp³-hybridized carbons (Fsp3) is 0.263. The van der Waals surface area contributed by atoms with Crippen LogP contribution in [0.2, 0.25) is 19.6 Å². The maximum Gasteiger partial charge on any atom is 0.242 e. The van der Waals surface area contributed by atoms with E-state index < -0.39 is 8.32 Å². The van der Waals surface area contributed by atoms with Crippen molar-refractivity contribution < 1.29 is 13.9 Å². The Balaban J connectivity index is 2.14. The van der Waals surface area contributed by atoms with Crippen LogP contribution in [-0.4, -0.2) is 22.5 Å². The third-order valence-corrected chi connectivity index (χ3v) is 3.99. The Bertz CT molecular complexity index is 648. The summed E-state index contributed by atoms with van der Waals surface area (Å²) in [5.74, 6) is 2.50. The minimum Gasteiger partial charge on any atom is -0.544 e. The van der Waals surface area contributed by atoms with E-state index in [-0.39, 0.29) is 0 Å². The topological polar surface area (TPSA) is 27.7 Å². The standard InChI is InChI=1S/C19H24O3Si/c1-20-18-12-16(13-19(14-18)21-2)7-6-15-8-10-17(11-9-15)22-23(3,4)5/h6-14H,1-5H3/b7-6+. The van der Waals surface area contributed by atoms with Crippen LogP contribution in [0.25, 0.3) is 12.2 Å². The molecule has 0 atom stereocenters. The zero-order chi connectivity index (χ0) is 16.9. The Morgan fingerprint density at radius 2 is 1.22 bits per heavy atom. The van der Waals surface area contributed by atoms with E-state index in [0.29, 0.717) is 0 Å². The molecule has 2 rings (SSSR count). The minimum atomic E-state index is -1.55. The molecule has 0 radical (unpaired) electrons. The van der Waals surface area contributed by atoms with E-state index in [2.05, 4.69) is 37.8 Å². The molecule has 2 aromatic carbocycles. The molecular formula is C19H24O3Si. The number of benzene rings is 2. The summed E-state index contributed by atoms with van der Waals surface area (Å²) in [6.45, 7) is 6.53. The Kier molecular flexibility index (Phi) is 5.50. The summed E-state index contributed by atoms with van der Waals surface area (Å²) in [6.07, 6.45) is 4.10. The van der Waals surface area contributed by atoms with Crippen LogP contribution in [0.4, 0.5) is 0 Å². The molecule has 0 amide bonds. The lowest BCUT2D eigenvalue weighted by Gasteiger charge is -2.18. The summed E-state index contributed by atoms with van der Waals surface area (Å²) < 4.78 is 16.5. The molecule has 0 unspecified atom stereocenters. The van der Waals surface area contributed by atoms with E-state index in [1.54, 1.807) is 14.2 Å². The maximum atomic E-state index is 5.96. The van der Waals surface area contributed by atoms with Gasteiger partial charge in [0.15, 0.2) is 0 Å². The van der Waals surface area contributed by atoms with Crippen molar-refractivity contribution in [2.75, 3.05) is 14.2 Å². The van der Waals surface area contributed by atoms with E-state index in [0.717, 1.165) is 28.4 Å². The molecule has 0 aliphatic heterocycles. The monoisotopic (exact) mass is 328 g/mol. The van der Waals surface area contributed by atoms with Crippen molar-refractivity contribution in [3.05, 3.63) is 53.6 Å². The van der Waals surface area contributed by atoms with Gasteiger partial charge >= 0.3 is 0 Å². The molecule has 23 heavy (non-hydrogen) atoms. The van der Waals surface area contributed by atoms with Gasteiger partial charge in [-0.05, 0) is 55.0 Å². The second kappa shape index (κ2) is 7.37. The Hall–Kier alpha value is -2.20. The zero-order valence-electron chi connectivity index (χ0n) is 14.4. The van der Waals surface area contributed by atoms with Crippen molar-refractivity contribution in [1.82, 2.24) is 0 Å². The highest BCUT2D eigenvalue weighted by atomic mass is 28.4.